The van der Waals surface area contributed by atoms with E-state index in [1.165, 1.54) is 4.90 Å². The normalized spacial score (nSPS) is 17.8. The number of hydrogen-bond acceptors (Lipinski definition) is 3. The molecule has 0 bridgehead atoms. The van der Waals surface area contributed by atoms with Gasteiger partial charge in [-0.2, -0.15) is 0 Å². The Morgan fingerprint density at radius 1 is 1.48 bits per heavy atom. The molecule has 5 nitrogen and oxygen atoms in total. The molecule has 21 heavy (non-hydrogen) atoms. The third kappa shape index (κ3) is 4.11. The van der Waals surface area contributed by atoms with Gasteiger partial charge in [0.1, 0.15) is 11.8 Å². The Bertz CT molecular complexity index is 552. The van der Waals surface area contributed by atoms with Crippen molar-refractivity contribution in [3.8, 4) is 5.75 Å². The van der Waals surface area contributed by atoms with Gasteiger partial charge in [0.15, 0.2) is 0 Å². The number of carboxylic acids is 1. The third-order valence-electron chi connectivity index (χ3n) is 3.33. The van der Waals surface area contributed by atoms with Crippen LogP contribution in [0.4, 0.5) is 0 Å². The Hall–Kier alpha value is -1.27. The average molecular weight is 377 g/mol. The van der Waals surface area contributed by atoms with Crippen molar-refractivity contribution in [1.29, 1.82) is 0 Å². The molecule has 0 aromatic heterocycles. The first kappa shape index (κ1) is 16.1. The molecular formula is C14H15BrClNO4. The van der Waals surface area contributed by atoms with Crippen molar-refractivity contribution in [2.45, 2.75) is 25.3 Å². The Morgan fingerprint density at radius 2 is 2.24 bits per heavy atom. The number of carboxylic acid groups (broad SMARTS) is 1. The van der Waals surface area contributed by atoms with Crippen molar-refractivity contribution in [2.75, 3.05) is 13.2 Å². The highest BCUT2D eigenvalue weighted by Gasteiger charge is 2.33. The van der Waals surface area contributed by atoms with E-state index in [-0.39, 0.29) is 18.9 Å². The molecule has 0 radical (unpaired) electrons. The number of carbonyl (C=O) groups is 2. The van der Waals surface area contributed by atoms with Crippen molar-refractivity contribution >= 4 is 39.4 Å². The molecule has 1 atom stereocenters. The van der Waals surface area contributed by atoms with Crippen molar-refractivity contribution in [3.63, 3.8) is 0 Å². The summed E-state index contributed by atoms with van der Waals surface area (Å²) in [5, 5.41) is 9.64. The average Bonchev–Trinajstić information content (AvgIpc) is 2.90. The molecule has 1 heterocycles. The fourth-order valence-electron chi connectivity index (χ4n) is 2.31. The summed E-state index contributed by atoms with van der Waals surface area (Å²) in [5.74, 6) is -0.532. The molecule has 1 fully saturated rings. The smallest absolute Gasteiger partial charge is 0.326 e. The van der Waals surface area contributed by atoms with Crippen LogP contribution in [0.1, 0.15) is 19.3 Å². The van der Waals surface area contributed by atoms with Gasteiger partial charge in [-0.15, -0.1) is 0 Å². The summed E-state index contributed by atoms with van der Waals surface area (Å²) >= 11 is 9.16. The quantitative estimate of drug-likeness (QED) is 0.858. The number of benzene rings is 1. The molecule has 0 unspecified atom stereocenters. The molecule has 1 aliphatic rings. The molecule has 1 N–H and O–H groups in total. The SMILES string of the molecule is O=C(O)[C@@H]1CCCN1C(=O)CCOc1ccc(Cl)cc1Br. The standard InChI is InChI=1S/C14H15BrClNO4/c15-10-8-9(16)3-4-12(10)21-7-5-13(18)17-6-1-2-11(17)14(19)20/h3-4,8,11H,1-2,5-7H2,(H,19,20)/t11-/m0/s1. The Labute approximate surface area is 136 Å². The summed E-state index contributed by atoms with van der Waals surface area (Å²) in [6, 6.07) is 4.43. The van der Waals surface area contributed by atoms with Crippen LogP contribution in [0.15, 0.2) is 22.7 Å². The van der Waals surface area contributed by atoms with Crippen LogP contribution in [0.5, 0.6) is 5.75 Å². The Balaban J connectivity index is 1.85. The minimum Gasteiger partial charge on any atom is -0.492 e. The predicted octanol–water partition coefficient (Wildman–Crippen LogP) is 2.95. The lowest BCUT2D eigenvalue weighted by molar-refractivity contribution is -0.148. The van der Waals surface area contributed by atoms with Gasteiger partial charge in [-0.25, -0.2) is 4.79 Å². The largest absolute Gasteiger partial charge is 0.492 e. The Kier molecular flexibility index (Phi) is 5.47. The van der Waals surface area contributed by atoms with Gasteiger partial charge in [0.25, 0.3) is 0 Å². The number of hydrogen-bond donors (Lipinski definition) is 1. The number of likely N-dealkylation sites (tertiary alicyclic amines) is 1. The molecule has 7 heteroatoms. The fraction of sp³-hybridized carbons (Fsp3) is 0.429. The molecule has 1 aromatic carbocycles. The molecule has 114 valence electrons. The zero-order valence-electron chi connectivity index (χ0n) is 11.2. The molecular weight excluding hydrogens is 362 g/mol. The monoisotopic (exact) mass is 375 g/mol. The van der Waals surface area contributed by atoms with E-state index in [4.69, 9.17) is 21.4 Å². The zero-order valence-corrected chi connectivity index (χ0v) is 13.6. The summed E-state index contributed by atoms with van der Waals surface area (Å²) in [6.07, 6.45) is 1.40. The van der Waals surface area contributed by atoms with E-state index in [0.717, 1.165) is 6.42 Å². The molecule has 1 aliphatic heterocycles. The molecule has 2 rings (SSSR count). The first-order chi connectivity index (χ1) is 9.99. The molecule has 1 amide bonds. The van der Waals surface area contributed by atoms with Gasteiger partial charge in [-0.3, -0.25) is 4.79 Å². The van der Waals surface area contributed by atoms with Crippen LogP contribution >= 0.6 is 27.5 Å². The third-order valence-corrected chi connectivity index (χ3v) is 4.18. The van der Waals surface area contributed by atoms with Crippen molar-refractivity contribution < 1.29 is 19.4 Å². The van der Waals surface area contributed by atoms with Gasteiger partial charge >= 0.3 is 5.97 Å². The van der Waals surface area contributed by atoms with Crippen LogP contribution in [0.3, 0.4) is 0 Å². The van der Waals surface area contributed by atoms with Gasteiger partial charge in [-0.05, 0) is 47.0 Å². The van der Waals surface area contributed by atoms with E-state index < -0.39 is 12.0 Å². The van der Waals surface area contributed by atoms with Crippen LogP contribution in [0.2, 0.25) is 5.02 Å². The maximum Gasteiger partial charge on any atom is 0.326 e. The summed E-state index contributed by atoms with van der Waals surface area (Å²) in [5.41, 5.74) is 0. The number of amides is 1. The van der Waals surface area contributed by atoms with Gasteiger partial charge < -0.3 is 14.7 Å². The topological polar surface area (TPSA) is 66.8 Å². The first-order valence-corrected chi connectivity index (χ1v) is 7.76. The fourth-order valence-corrected chi connectivity index (χ4v) is 3.10. The summed E-state index contributed by atoms with van der Waals surface area (Å²) in [7, 11) is 0. The highest BCUT2D eigenvalue weighted by atomic mass is 79.9. The summed E-state index contributed by atoms with van der Waals surface area (Å²) < 4.78 is 6.23. The second kappa shape index (κ2) is 7.13. The van der Waals surface area contributed by atoms with E-state index in [0.29, 0.717) is 28.2 Å². The van der Waals surface area contributed by atoms with Gasteiger partial charge in [0.2, 0.25) is 5.91 Å². The van der Waals surface area contributed by atoms with Gasteiger partial charge in [0, 0.05) is 11.6 Å². The molecule has 0 spiro atoms. The highest BCUT2D eigenvalue weighted by molar-refractivity contribution is 9.10. The Morgan fingerprint density at radius 3 is 2.90 bits per heavy atom. The van der Waals surface area contributed by atoms with Crippen LogP contribution in [0.25, 0.3) is 0 Å². The molecule has 0 saturated carbocycles. The van der Waals surface area contributed by atoms with Gasteiger partial charge in [-0.1, -0.05) is 11.6 Å². The van der Waals surface area contributed by atoms with Crippen LogP contribution in [-0.4, -0.2) is 41.1 Å². The molecule has 0 aliphatic carbocycles. The highest BCUT2D eigenvalue weighted by Crippen LogP contribution is 2.28. The maximum atomic E-state index is 12.0. The van der Waals surface area contributed by atoms with Crippen LogP contribution in [0, 0.1) is 0 Å². The number of rotatable bonds is 5. The first-order valence-electron chi connectivity index (χ1n) is 6.59. The number of ether oxygens (including phenoxy) is 1. The lowest BCUT2D eigenvalue weighted by atomic mass is 10.2. The zero-order chi connectivity index (χ0) is 15.4. The maximum absolute atomic E-state index is 12.0. The van der Waals surface area contributed by atoms with Crippen LogP contribution < -0.4 is 4.74 Å². The van der Waals surface area contributed by atoms with E-state index in [1.807, 2.05) is 0 Å². The summed E-state index contributed by atoms with van der Waals surface area (Å²) in [4.78, 5) is 24.5. The van der Waals surface area contributed by atoms with Gasteiger partial charge in [0.05, 0.1) is 17.5 Å². The lowest BCUT2D eigenvalue weighted by Crippen LogP contribution is -2.40. The van der Waals surface area contributed by atoms with Crippen molar-refractivity contribution in [3.05, 3.63) is 27.7 Å². The second-order valence-corrected chi connectivity index (χ2v) is 6.05. The lowest BCUT2D eigenvalue weighted by Gasteiger charge is -2.21. The number of halogens is 2. The van der Waals surface area contributed by atoms with E-state index >= 15 is 0 Å². The van der Waals surface area contributed by atoms with E-state index in [2.05, 4.69) is 15.9 Å². The van der Waals surface area contributed by atoms with Crippen LogP contribution in [-0.2, 0) is 9.59 Å². The second-order valence-electron chi connectivity index (χ2n) is 4.76. The summed E-state index contributed by atoms with van der Waals surface area (Å²) in [6.45, 7) is 0.697. The predicted molar refractivity (Wildman–Crippen MR) is 81.6 cm³/mol. The van der Waals surface area contributed by atoms with Crippen molar-refractivity contribution in [1.82, 2.24) is 4.90 Å². The number of nitrogens with zero attached hydrogens (tertiary/aromatic N) is 1. The number of aliphatic carboxylic acids is 1. The minimum atomic E-state index is -0.942. The minimum absolute atomic E-state index is 0.152. The molecule has 1 aromatic rings. The molecule has 1 saturated heterocycles. The number of carbonyl (C=O) groups excluding carboxylic acids is 1. The van der Waals surface area contributed by atoms with E-state index in [9.17, 15) is 9.59 Å². The van der Waals surface area contributed by atoms with E-state index in [1.54, 1.807) is 18.2 Å². The van der Waals surface area contributed by atoms with Crippen molar-refractivity contribution in [2.24, 2.45) is 0 Å².